The molecule has 0 bridgehead atoms. The van der Waals surface area contributed by atoms with Gasteiger partial charge in [-0.15, -0.1) is 12.4 Å². The van der Waals surface area contributed by atoms with Crippen LogP contribution in [0.5, 0.6) is 5.75 Å². The molecule has 2 aromatic carbocycles. The van der Waals surface area contributed by atoms with E-state index >= 15 is 0 Å². The van der Waals surface area contributed by atoms with E-state index in [2.05, 4.69) is 50.7 Å². The predicted molar refractivity (Wildman–Crippen MR) is 133 cm³/mol. The number of rotatable bonds is 3. The van der Waals surface area contributed by atoms with E-state index in [9.17, 15) is 10.4 Å². The van der Waals surface area contributed by atoms with Crippen LogP contribution in [0.15, 0.2) is 42.5 Å². The van der Waals surface area contributed by atoms with Crippen molar-refractivity contribution in [1.29, 1.82) is 5.26 Å². The van der Waals surface area contributed by atoms with Crippen LogP contribution in [-0.4, -0.2) is 46.5 Å². The first-order chi connectivity index (χ1) is 15.6. The summed E-state index contributed by atoms with van der Waals surface area (Å²) in [6.07, 6.45) is 0. The zero-order valence-corrected chi connectivity index (χ0v) is 19.3. The fraction of sp³-hybridized carbons (Fsp3) is 0.240. The number of phenolic OH excluding ortho intramolecular Hbond substituents is 1. The second-order valence-corrected chi connectivity index (χ2v) is 8.15. The van der Waals surface area contributed by atoms with Crippen LogP contribution in [0.4, 0.5) is 5.69 Å². The first kappa shape index (κ1) is 22.6. The van der Waals surface area contributed by atoms with Crippen molar-refractivity contribution in [1.82, 2.24) is 20.5 Å². The fourth-order valence-corrected chi connectivity index (χ4v) is 4.47. The number of piperazine rings is 1. The van der Waals surface area contributed by atoms with E-state index < -0.39 is 0 Å². The number of nitrogens with one attached hydrogen (secondary N) is 2. The Hall–Kier alpha value is -3.60. The van der Waals surface area contributed by atoms with Crippen LogP contribution in [0.3, 0.4) is 0 Å². The molecule has 0 amide bonds. The van der Waals surface area contributed by atoms with Crippen molar-refractivity contribution in [2.75, 3.05) is 31.1 Å². The first-order valence-corrected chi connectivity index (χ1v) is 10.7. The number of nitrogens with zero attached hydrogens (tertiary/aromatic N) is 4. The van der Waals surface area contributed by atoms with Gasteiger partial charge in [0.15, 0.2) is 5.65 Å². The molecule has 168 valence electrons. The monoisotopic (exact) mass is 460 g/mol. The lowest BCUT2D eigenvalue weighted by molar-refractivity contribution is 0.475. The third-order valence-electron chi connectivity index (χ3n) is 6.10. The Morgan fingerprint density at radius 1 is 1.06 bits per heavy atom. The highest BCUT2D eigenvalue weighted by Gasteiger charge is 2.22. The molecule has 0 unspecified atom stereocenters. The zero-order valence-electron chi connectivity index (χ0n) is 18.5. The van der Waals surface area contributed by atoms with E-state index in [1.807, 2.05) is 13.8 Å². The minimum Gasteiger partial charge on any atom is -0.508 e. The molecule has 7 nitrogen and oxygen atoms in total. The van der Waals surface area contributed by atoms with Gasteiger partial charge in [0.05, 0.1) is 16.6 Å². The molecule has 0 atom stereocenters. The molecule has 0 aliphatic carbocycles. The highest BCUT2D eigenvalue weighted by atomic mass is 35.5. The Morgan fingerprint density at radius 3 is 2.45 bits per heavy atom. The molecule has 1 aliphatic heterocycles. The van der Waals surface area contributed by atoms with Crippen LogP contribution in [0.1, 0.15) is 16.8 Å². The summed E-state index contributed by atoms with van der Waals surface area (Å²) < 4.78 is 0. The standard InChI is InChI=1S/C25H24N6O.ClH/c1-15-13-19(32)7-8-20(15)24-21(14-26)23(22-16(2)29-30-25(22)28-24)17-3-5-18(6-4-17)31-11-9-27-10-12-31;/h3-8,13,27,32H,9-12H2,1-2H3,(H,28,29,30);1H. The van der Waals surface area contributed by atoms with Crippen molar-refractivity contribution in [3.8, 4) is 34.2 Å². The molecule has 33 heavy (non-hydrogen) atoms. The number of halogens is 1. The maximum absolute atomic E-state index is 10.2. The molecule has 1 aliphatic rings. The summed E-state index contributed by atoms with van der Waals surface area (Å²) in [4.78, 5) is 7.11. The molecular weight excluding hydrogens is 436 g/mol. The van der Waals surface area contributed by atoms with Gasteiger partial charge in [-0.3, -0.25) is 5.10 Å². The third-order valence-corrected chi connectivity index (χ3v) is 6.10. The van der Waals surface area contributed by atoms with Crippen LogP contribution in [0.25, 0.3) is 33.4 Å². The van der Waals surface area contributed by atoms with Gasteiger partial charge in [0.25, 0.3) is 0 Å². The predicted octanol–water partition coefficient (Wildman–Crippen LogP) is 4.32. The number of aromatic amines is 1. The van der Waals surface area contributed by atoms with Gasteiger partial charge in [-0.2, -0.15) is 10.4 Å². The Labute approximate surface area is 198 Å². The fourth-order valence-electron chi connectivity index (χ4n) is 4.47. The Kier molecular flexibility index (Phi) is 6.23. The van der Waals surface area contributed by atoms with Crippen LogP contribution >= 0.6 is 12.4 Å². The Morgan fingerprint density at radius 2 is 1.79 bits per heavy atom. The zero-order chi connectivity index (χ0) is 22.2. The number of aryl methyl sites for hydroxylation is 2. The van der Waals surface area contributed by atoms with Crippen molar-refractivity contribution in [2.24, 2.45) is 0 Å². The van der Waals surface area contributed by atoms with Crippen LogP contribution in [0, 0.1) is 25.2 Å². The molecule has 2 aromatic heterocycles. The molecule has 0 radical (unpaired) electrons. The average Bonchev–Trinajstić information content (AvgIpc) is 3.19. The maximum Gasteiger partial charge on any atom is 0.182 e. The minimum absolute atomic E-state index is 0. The van der Waals surface area contributed by atoms with Gasteiger partial charge in [-0.05, 0) is 55.3 Å². The smallest absolute Gasteiger partial charge is 0.182 e. The van der Waals surface area contributed by atoms with Crippen molar-refractivity contribution in [2.45, 2.75) is 13.8 Å². The molecule has 4 aromatic rings. The number of aromatic hydroxyl groups is 1. The molecule has 3 heterocycles. The van der Waals surface area contributed by atoms with Gasteiger partial charge >= 0.3 is 0 Å². The minimum atomic E-state index is 0. The van der Waals surface area contributed by atoms with Crippen molar-refractivity contribution < 1.29 is 5.11 Å². The summed E-state index contributed by atoms with van der Waals surface area (Å²) in [5.41, 5.74) is 7.15. The number of aromatic nitrogens is 3. The van der Waals surface area contributed by atoms with Gasteiger partial charge in [-0.1, -0.05) is 12.1 Å². The topological polar surface area (TPSA) is 101 Å². The lowest BCUT2D eigenvalue weighted by Gasteiger charge is -2.29. The van der Waals surface area contributed by atoms with Crippen molar-refractivity contribution in [3.05, 3.63) is 59.3 Å². The SMILES string of the molecule is Cc1cc(O)ccc1-c1nc2n[nH]c(C)c2c(-c2ccc(N3CCNCC3)cc2)c1C#N.Cl. The first-order valence-electron chi connectivity index (χ1n) is 10.7. The number of anilines is 1. The Balaban J connectivity index is 0.00000259. The lowest BCUT2D eigenvalue weighted by atomic mass is 9.92. The maximum atomic E-state index is 10.2. The molecule has 1 saturated heterocycles. The van der Waals surface area contributed by atoms with Crippen molar-refractivity contribution >= 4 is 29.1 Å². The van der Waals surface area contributed by atoms with E-state index in [1.54, 1.807) is 18.2 Å². The quantitative estimate of drug-likeness (QED) is 0.421. The van der Waals surface area contributed by atoms with Crippen molar-refractivity contribution in [3.63, 3.8) is 0 Å². The van der Waals surface area contributed by atoms with Gasteiger partial charge in [0.2, 0.25) is 0 Å². The molecule has 1 fully saturated rings. The summed E-state index contributed by atoms with van der Waals surface area (Å²) in [5.74, 6) is 0.185. The number of hydrogen-bond acceptors (Lipinski definition) is 6. The largest absolute Gasteiger partial charge is 0.508 e. The average molecular weight is 461 g/mol. The number of fused-ring (bicyclic) bond motifs is 1. The van der Waals surface area contributed by atoms with E-state index in [0.29, 0.717) is 16.9 Å². The summed E-state index contributed by atoms with van der Waals surface area (Å²) >= 11 is 0. The molecule has 5 rings (SSSR count). The van der Waals surface area contributed by atoms with Gasteiger partial charge in [0, 0.05) is 48.7 Å². The lowest BCUT2D eigenvalue weighted by Crippen LogP contribution is -2.43. The van der Waals surface area contributed by atoms with E-state index in [-0.39, 0.29) is 18.2 Å². The van der Waals surface area contributed by atoms with Gasteiger partial charge in [0.1, 0.15) is 11.8 Å². The highest BCUT2D eigenvalue weighted by molar-refractivity contribution is 6.01. The van der Waals surface area contributed by atoms with Crippen LogP contribution < -0.4 is 10.2 Å². The van der Waals surface area contributed by atoms with Crippen LogP contribution in [-0.2, 0) is 0 Å². The van der Waals surface area contributed by atoms with E-state index in [0.717, 1.165) is 59.5 Å². The summed E-state index contributed by atoms with van der Waals surface area (Å²) in [6, 6.07) is 15.9. The Bertz CT molecular complexity index is 1350. The number of benzene rings is 2. The second kappa shape index (κ2) is 9.10. The summed E-state index contributed by atoms with van der Waals surface area (Å²) in [6.45, 7) is 7.77. The number of pyridine rings is 1. The molecule has 0 spiro atoms. The second-order valence-electron chi connectivity index (χ2n) is 8.15. The number of phenols is 1. The molecule has 8 heteroatoms. The van der Waals surface area contributed by atoms with Crippen LogP contribution in [0.2, 0.25) is 0 Å². The number of H-pyrrole nitrogens is 1. The number of hydrogen-bond donors (Lipinski definition) is 3. The normalized spacial score (nSPS) is 13.5. The van der Waals surface area contributed by atoms with Gasteiger partial charge in [-0.25, -0.2) is 4.98 Å². The molecular formula is C25H25ClN6O. The summed E-state index contributed by atoms with van der Waals surface area (Å²) in [5, 5.41) is 31.7. The third kappa shape index (κ3) is 3.99. The molecule has 3 N–H and O–H groups in total. The van der Waals surface area contributed by atoms with E-state index in [1.165, 1.54) is 5.69 Å². The highest BCUT2D eigenvalue weighted by Crippen LogP contribution is 2.39. The van der Waals surface area contributed by atoms with Gasteiger partial charge < -0.3 is 15.3 Å². The number of nitriles is 1. The van der Waals surface area contributed by atoms with E-state index in [4.69, 9.17) is 4.98 Å². The molecule has 0 saturated carbocycles. The summed E-state index contributed by atoms with van der Waals surface area (Å²) in [7, 11) is 0.